The summed E-state index contributed by atoms with van der Waals surface area (Å²) in [6.45, 7) is 0.927. The first-order chi connectivity index (χ1) is 12.7. The summed E-state index contributed by atoms with van der Waals surface area (Å²) in [5.74, 6) is -0.112. The Morgan fingerprint density at radius 3 is 3.00 bits per heavy atom. The minimum atomic E-state index is -0.456. The molecule has 1 N–H and O–H groups in total. The normalized spacial score (nSPS) is 16.8. The maximum absolute atomic E-state index is 12.6. The Kier molecular flexibility index (Phi) is 4.85. The molecular weight excluding hydrogens is 370 g/mol. The SMILES string of the molecule is O=C(NCc1csc(-c2cccs2)n1)C1CCCN1C(=O)c1ccco1. The third-order valence-electron chi connectivity index (χ3n) is 4.28. The van der Waals surface area contributed by atoms with Gasteiger partial charge in [0.2, 0.25) is 5.91 Å². The largest absolute Gasteiger partial charge is 0.459 e. The fourth-order valence-electron chi connectivity index (χ4n) is 3.02. The van der Waals surface area contributed by atoms with Crippen LogP contribution in [-0.4, -0.2) is 34.3 Å². The van der Waals surface area contributed by atoms with E-state index in [0.29, 0.717) is 19.5 Å². The van der Waals surface area contributed by atoms with Crippen molar-refractivity contribution in [1.82, 2.24) is 15.2 Å². The number of nitrogens with zero attached hydrogens (tertiary/aromatic N) is 2. The lowest BCUT2D eigenvalue weighted by molar-refractivity contribution is -0.125. The molecule has 0 radical (unpaired) electrons. The van der Waals surface area contributed by atoms with Crippen molar-refractivity contribution < 1.29 is 14.0 Å². The highest BCUT2D eigenvalue weighted by atomic mass is 32.1. The van der Waals surface area contributed by atoms with Crippen LogP contribution in [0.25, 0.3) is 9.88 Å². The van der Waals surface area contributed by atoms with Crippen LogP contribution in [0.15, 0.2) is 45.7 Å². The molecule has 0 bridgehead atoms. The molecule has 3 aromatic rings. The Bertz CT molecular complexity index is 887. The van der Waals surface area contributed by atoms with E-state index in [2.05, 4.69) is 10.3 Å². The molecule has 1 aliphatic heterocycles. The average molecular weight is 387 g/mol. The van der Waals surface area contributed by atoms with E-state index in [4.69, 9.17) is 4.42 Å². The average Bonchev–Trinajstić information content (AvgIpc) is 3.44. The first-order valence-electron chi connectivity index (χ1n) is 8.33. The standard InChI is InChI=1S/C18H17N3O3S2/c22-16(13-4-1-7-21(13)18(23)14-5-2-8-24-14)19-10-12-11-26-17(20-12)15-6-3-9-25-15/h2-3,5-6,8-9,11,13H,1,4,7,10H2,(H,19,22). The summed E-state index contributed by atoms with van der Waals surface area (Å²) < 4.78 is 5.17. The molecule has 3 aromatic heterocycles. The second kappa shape index (κ2) is 7.43. The molecule has 4 heterocycles. The first kappa shape index (κ1) is 17.0. The number of nitrogens with one attached hydrogen (secondary N) is 1. The first-order valence-corrected chi connectivity index (χ1v) is 10.1. The van der Waals surface area contributed by atoms with Crippen LogP contribution in [0, 0.1) is 0 Å². The zero-order valence-electron chi connectivity index (χ0n) is 13.9. The maximum Gasteiger partial charge on any atom is 0.290 e. The van der Waals surface area contributed by atoms with Crippen molar-refractivity contribution in [1.29, 1.82) is 0 Å². The molecule has 6 nitrogen and oxygen atoms in total. The Morgan fingerprint density at radius 2 is 2.23 bits per heavy atom. The number of hydrogen-bond acceptors (Lipinski definition) is 6. The van der Waals surface area contributed by atoms with E-state index in [0.717, 1.165) is 22.0 Å². The zero-order valence-corrected chi connectivity index (χ0v) is 15.5. The number of amides is 2. The number of likely N-dealkylation sites (tertiary alicyclic amines) is 1. The highest BCUT2D eigenvalue weighted by Crippen LogP contribution is 2.28. The van der Waals surface area contributed by atoms with E-state index >= 15 is 0 Å². The van der Waals surface area contributed by atoms with E-state index in [-0.39, 0.29) is 17.6 Å². The van der Waals surface area contributed by atoms with Crippen LogP contribution in [0.2, 0.25) is 0 Å². The van der Waals surface area contributed by atoms with Crippen molar-refractivity contribution in [3.8, 4) is 9.88 Å². The summed E-state index contributed by atoms with van der Waals surface area (Å²) >= 11 is 3.21. The van der Waals surface area contributed by atoms with Crippen LogP contribution in [0.4, 0.5) is 0 Å². The van der Waals surface area contributed by atoms with Crippen LogP contribution >= 0.6 is 22.7 Å². The molecule has 1 saturated heterocycles. The molecule has 0 aliphatic carbocycles. The van der Waals surface area contributed by atoms with Gasteiger partial charge in [-0.1, -0.05) is 6.07 Å². The van der Waals surface area contributed by atoms with Gasteiger partial charge in [-0.2, -0.15) is 0 Å². The Labute approximate surface area is 158 Å². The van der Waals surface area contributed by atoms with E-state index in [9.17, 15) is 9.59 Å². The predicted octanol–water partition coefficient (Wildman–Crippen LogP) is 3.39. The van der Waals surface area contributed by atoms with Crippen LogP contribution in [0.5, 0.6) is 0 Å². The molecule has 26 heavy (non-hydrogen) atoms. The lowest BCUT2D eigenvalue weighted by Crippen LogP contribution is -2.45. The summed E-state index contributed by atoms with van der Waals surface area (Å²) in [6.07, 6.45) is 2.94. The molecule has 8 heteroatoms. The van der Waals surface area contributed by atoms with Crippen LogP contribution < -0.4 is 5.32 Å². The summed E-state index contributed by atoms with van der Waals surface area (Å²) in [6, 6.07) is 6.86. The molecule has 1 fully saturated rings. The molecule has 1 aliphatic rings. The summed E-state index contributed by atoms with van der Waals surface area (Å²) in [5, 5.41) is 7.84. The molecule has 2 amide bonds. The minimum absolute atomic E-state index is 0.145. The number of hydrogen-bond donors (Lipinski definition) is 1. The highest BCUT2D eigenvalue weighted by molar-refractivity contribution is 7.20. The number of thiazole rings is 1. The van der Waals surface area contributed by atoms with Gasteiger partial charge in [0.15, 0.2) is 5.76 Å². The van der Waals surface area contributed by atoms with E-state index in [1.54, 1.807) is 39.7 Å². The molecular formula is C18H17N3O3S2. The van der Waals surface area contributed by atoms with E-state index in [1.165, 1.54) is 6.26 Å². The monoisotopic (exact) mass is 387 g/mol. The lowest BCUT2D eigenvalue weighted by Gasteiger charge is -2.22. The second-order valence-corrected chi connectivity index (χ2v) is 7.78. The zero-order chi connectivity index (χ0) is 17.9. The number of carbonyl (C=O) groups is 2. The van der Waals surface area contributed by atoms with Crippen molar-refractivity contribution in [2.75, 3.05) is 6.54 Å². The van der Waals surface area contributed by atoms with Crippen molar-refractivity contribution in [2.24, 2.45) is 0 Å². The van der Waals surface area contributed by atoms with Gasteiger partial charge in [0.1, 0.15) is 11.0 Å². The number of carbonyl (C=O) groups excluding carboxylic acids is 2. The van der Waals surface area contributed by atoms with Crippen molar-refractivity contribution in [3.05, 3.63) is 52.7 Å². The maximum atomic E-state index is 12.6. The minimum Gasteiger partial charge on any atom is -0.459 e. The number of rotatable bonds is 5. The number of thiophene rings is 1. The van der Waals surface area contributed by atoms with Gasteiger partial charge >= 0.3 is 0 Å². The smallest absolute Gasteiger partial charge is 0.290 e. The summed E-state index contributed by atoms with van der Waals surface area (Å²) in [5.41, 5.74) is 0.827. The predicted molar refractivity (Wildman–Crippen MR) is 100 cm³/mol. The van der Waals surface area contributed by atoms with Crippen molar-refractivity contribution >= 4 is 34.5 Å². The Balaban J connectivity index is 1.38. The third-order valence-corrected chi connectivity index (χ3v) is 6.21. The van der Waals surface area contributed by atoms with Gasteiger partial charge in [-0.05, 0) is 36.4 Å². The summed E-state index contributed by atoms with van der Waals surface area (Å²) in [4.78, 5) is 32.3. The van der Waals surface area contributed by atoms with Gasteiger partial charge in [-0.15, -0.1) is 22.7 Å². The topological polar surface area (TPSA) is 75.4 Å². The highest BCUT2D eigenvalue weighted by Gasteiger charge is 2.35. The summed E-state index contributed by atoms with van der Waals surface area (Å²) in [7, 11) is 0. The van der Waals surface area contributed by atoms with Gasteiger partial charge in [0.05, 0.1) is 23.4 Å². The molecule has 134 valence electrons. The van der Waals surface area contributed by atoms with Crippen LogP contribution in [-0.2, 0) is 11.3 Å². The number of furan rings is 1. The fourth-order valence-corrected chi connectivity index (χ4v) is 4.66. The fraction of sp³-hybridized carbons (Fsp3) is 0.278. The van der Waals surface area contributed by atoms with Gasteiger partial charge in [0, 0.05) is 11.9 Å². The molecule has 4 rings (SSSR count). The van der Waals surface area contributed by atoms with Crippen LogP contribution in [0.3, 0.4) is 0 Å². The molecule has 0 spiro atoms. The van der Waals surface area contributed by atoms with Crippen LogP contribution in [0.1, 0.15) is 29.1 Å². The van der Waals surface area contributed by atoms with Gasteiger partial charge in [0.25, 0.3) is 5.91 Å². The molecule has 1 unspecified atom stereocenters. The van der Waals surface area contributed by atoms with E-state index < -0.39 is 6.04 Å². The third kappa shape index (κ3) is 3.42. The van der Waals surface area contributed by atoms with Gasteiger partial charge < -0.3 is 14.6 Å². The van der Waals surface area contributed by atoms with Crippen molar-refractivity contribution in [2.45, 2.75) is 25.4 Å². The Hall–Kier alpha value is -2.45. The molecule has 0 saturated carbocycles. The molecule has 0 aromatic carbocycles. The van der Waals surface area contributed by atoms with Gasteiger partial charge in [-0.3, -0.25) is 9.59 Å². The lowest BCUT2D eigenvalue weighted by atomic mass is 10.2. The Morgan fingerprint density at radius 1 is 1.31 bits per heavy atom. The van der Waals surface area contributed by atoms with Gasteiger partial charge in [-0.25, -0.2) is 4.98 Å². The van der Waals surface area contributed by atoms with Crippen molar-refractivity contribution in [3.63, 3.8) is 0 Å². The molecule has 1 atom stereocenters. The quantitative estimate of drug-likeness (QED) is 0.728. The van der Waals surface area contributed by atoms with E-state index in [1.807, 2.05) is 22.9 Å². The number of aromatic nitrogens is 1. The second-order valence-electron chi connectivity index (χ2n) is 5.97.